The first-order valence-corrected chi connectivity index (χ1v) is 8.78. The van der Waals surface area contributed by atoms with Crippen molar-refractivity contribution in [1.82, 2.24) is 9.88 Å². The van der Waals surface area contributed by atoms with E-state index < -0.39 is 11.5 Å². The number of para-hydroxylation sites is 1. The van der Waals surface area contributed by atoms with Gasteiger partial charge in [-0.3, -0.25) is 4.79 Å². The van der Waals surface area contributed by atoms with Crippen LogP contribution in [-0.2, 0) is 17.3 Å². The molecule has 4 nitrogen and oxygen atoms in total. The van der Waals surface area contributed by atoms with Crippen LogP contribution in [0.3, 0.4) is 0 Å². The van der Waals surface area contributed by atoms with Crippen LogP contribution in [0.4, 0.5) is 4.39 Å². The molecule has 1 saturated carbocycles. The smallest absolute Gasteiger partial charge is 0.230 e. The summed E-state index contributed by atoms with van der Waals surface area (Å²) >= 11 is 0. The van der Waals surface area contributed by atoms with Crippen molar-refractivity contribution in [1.29, 1.82) is 0 Å². The fourth-order valence-electron chi connectivity index (χ4n) is 3.65. The van der Waals surface area contributed by atoms with Gasteiger partial charge in [0.25, 0.3) is 0 Å². The molecule has 26 heavy (non-hydrogen) atoms. The topological polar surface area (TPSA) is 54.3 Å². The molecule has 0 saturated heterocycles. The summed E-state index contributed by atoms with van der Waals surface area (Å²) in [4.78, 5) is 12.7. The van der Waals surface area contributed by atoms with Gasteiger partial charge in [-0.15, -0.1) is 0 Å². The maximum Gasteiger partial charge on any atom is 0.230 e. The number of aryl methyl sites for hydroxylation is 1. The maximum absolute atomic E-state index is 13.1. The Bertz CT molecular complexity index is 958. The Morgan fingerprint density at radius 2 is 1.92 bits per heavy atom. The van der Waals surface area contributed by atoms with Crippen molar-refractivity contribution in [3.05, 3.63) is 71.7 Å². The monoisotopic (exact) mass is 352 g/mol. The molecule has 1 unspecified atom stereocenters. The number of carbonyl (C=O) groups is 1. The molecule has 1 amide bonds. The second-order valence-electron chi connectivity index (χ2n) is 7.03. The van der Waals surface area contributed by atoms with Crippen LogP contribution in [0.5, 0.6) is 0 Å². The quantitative estimate of drug-likeness (QED) is 0.741. The van der Waals surface area contributed by atoms with Gasteiger partial charge in [0, 0.05) is 36.3 Å². The standard InChI is InChI=1S/C21H21FN2O2/c1-24-13-17(16-4-2-3-5-18(16)24)19(25)12-23-20(26)21(10-11-21)14-6-8-15(22)9-7-14/h2-9,13,19,25H,10-12H2,1H3,(H,23,26). The van der Waals surface area contributed by atoms with Gasteiger partial charge in [0.15, 0.2) is 0 Å². The van der Waals surface area contributed by atoms with Crippen LogP contribution >= 0.6 is 0 Å². The third kappa shape index (κ3) is 2.78. The summed E-state index contributed by atoms with van der Waals surface area (Å²) in [5, 5.41) is 14.5. The number of aliphatic hydroxyl groups excluding tert-OH is 1. The molecular formula is C21H21FN2O2. The van der Waals surface area contributed by atoms with Crippen LogP contribution in [0.1, 0.15) is 30.1 Å². The number of halogens is 1. The van der Waals surface area contributed by atoms with Crippen molar-refractivity contribution in [3.63, 3.8) is 0 Å². The molecule has 1 aromatic heterocycles. The minimum Gasteiger partial charge on any atom is -0.386 e. The van der Waals surface area contributed by atoms with Crippen LogP contribution in [0.25, 0.3) is 10.9 Å². The lowest BCUT2D eigenvalue weighted by molar-refractivity contribution is -0.124. The van der Waals surface area contributed by atoms with Gasteiger partial charge in [-0.2, -0.15) is 0 Å². The summed E-state index contributed by atoms with van der Waals surface area (Å²) in [6.45, 7) is 0.149. The summed E-state index contributed by atoms with van der Waals surface area (Å²) in [5.41, 5.74) is 2.09. The number of fused-ring (bicyclic) bond motifs is 1. The summed E-state index contributed by atoms with van der Waals surface area (Å²) in [6, 6.07) is 14.0. The Balaban J connectivity index is 1.48. The Labute approximate surface area is 151 Å². The average molecular weight is 352 g/mol. The molecule has 1 aliphatic carbocycles. The summed E-state index contributed by atoms with van der Waals surface area (Å²) in [7, 11) is 1.94. The van der Waals surface area contributed by atoms with Crippen molar-refractivity contribution < 1.29 is 14.3 Å². The minimum absolute atomic E-state index is 0.108. The molecule has 1 fully saturated rings. The van der Waals surface area contributed by atoms with Gasteiger partial charge in [-0.05, 0) is 36.6 Å². The largest absolute Gasteiger partial charge is 0.386 e. The molecule has 2 aromatic carbocycles. The van der Waals surface area contributed by atoms with Crippen LogP contribution in [0.15, 0.2) is 54.7 Å². The molecule has 2 N–H and O–H groups in total. The second kappa shape index (κ2) is 6.25. The highest BCUT2D eigenvalue weighted by atomic mass is 19.1. The van der Waals surface area contributed by atoms with E-state index >= 15 is 0 Å². The number of nitrogens with one attached hydrogen (secondary N) is 1. The zero-order valence-corrected chi connectivity index (χ0v) is 14.6. The lowest BCUT2D eigenvalue weighted by atomic mass is 9.95. The number of nitrogens with zero attached hydrogens (tertiary/aromatic N) is 1. The number of carbonyl (C=O) groups excluding carboxylic acids is 1. The predicted octanol–water partition coefficient (Wildman–Crippen LogP) is 3.20. The van der Waals surface area contributed by atoms with E-state index in [9.17, 15) is 14.3 Å². The number of aliphatic hydroxyl groups is 1. The van der Waals surface area contributed by atoms with Crippen LogP contribution < -0.4 is 5.32 Å². The average Bonchev–Trinajstić information content (AvgIpc) is 3.40. The van der Waals surface area contributed by atoms with Gasteiger partial charge in [0.05, 0.1) is 11.5 Å². The Morgan fingerprint density at radius 3 is 2.62 bits per heavy atom. The number of benzene rings is 2. The zero-order chi connectivity index (χ0) is 18.3. The highest BCUT2D eigenvalue weighted by Crippen LogP contribution is 2.48. The Hall–Kier alpha value is -2.66. The normalized spacial score (nSPS) is 16.4. The first-order valence-electron chi connectivity index (χ1n) is 8.78. The predicted molar refractivity (Wildman–Crippen MR) is 98.2 cm³/mol. The molecule has 1 aliphatic rings. The van der Waals surface area contributed by atoms with Crippen LogP contribution in [-0.4, -0.2) is 22.1 Å². The van der Waals surface area contributed by atoms with Gasteiger partial charge in [-0.1, -0.05) is 30.3 Å². The van der Waals surface area contributed by atoms with Crippen molar-refractivity contribution >= 4 is 16.8 Å². The van der Waals surface area contributed by atoms with E-state index in [1.54, 1.807) is 12.1 Å². The molecule has 3 aromatic rings. The van der Waals surface area contributed by atoms with Crippen LogP contribution in [0.2, 0.25) is 0 Å². The van der Waals surface area contributed by atoms with E-state index in [1.165, 1.54) is 12.1 Å². The van der Waals surface area contributed by atoms with Gasteiger partial charge in [-0.25, -0.2) is 4.39 Å². The lowest BCUT2D eigenvalue weighted by Gasteiger charge is -2.18. The van der Waals surface area contributed by atoms with Gasteiger partial charge >= 0.3 is 0 Å². The molecule has 0 spiro atoms. The Morgan fingerprint density at radius 1 is 1.23 bits per heavy atom. The minimum atomic E-state index is -0.783. The number of aromatic nitrogens is 1. The first kappa shape index (κ1) is 16.8. The van der Waals surface area contributed by atoms with E-state index in [4.69, 9.17) is 0 Å². The second-order valence-corrected chi connectivity index (χ2v) is 7.03. The highest BCUT2D eigenvalue weighted by molar-refractivity contribution is 5.91. The van der Waals surface area contributed by atoms with E-state index in [0.29, 0.717) is 0 Å². The molecule has 134 valence electrons. The van der Waals surface area contributed by atoms with E-state index in [1.807, 2.05) is 42.1 Å². The van der Waals surface area contributed by atoms with E-state index in [2.05, 4.69) is 5.32 Å². The fourth-order valence-corrected chi connectivity index (χ4v) is 3.65. The molecule has 0 radical (unpaired) electrons. The number of rotatable bonds is 5. The molecule has 5 heteroatoms. The number of hydrogen-bond donors (Lipinski definition) is 2. The molecule has 4 rings (SSSR count). The van der Waals surface area contributed by atoms with Crippen molar-refractivity contribution in [2.75, 3.05) is 6.54 Å². The first-order chi connectivity index (χ1) is 12.5. The van der Waals surface area contributed by atoms with Gasteiger partial charge in [0.2, 0.25) is 5.91 Å². The lowest BCUT2D eigenvalue weighted by Crippen LogP contribution is -2.37. The van der Waals surface area contributed by atoms with E-state index in [0.717, 1.165) is 34.9 Å². The van der Waals surface area contributed by atoms with Crippen LogP contribution in [0, 0.1) is 5.82 Å². The molecule has 1 atom stereocenters. The highest BCUT2D eigenvalue weighted by Gasteiger charge is 2.51. The van der Waals surface area contributed by atoms with Crippen molar-refractivity contribution in [3.8, 4) is 0 Å². The van der Waals surface area contributed by atoms with Gasteiger partial charge < -0.3 is 15.0 Å². The summed E-state index contributed by atoms with van der Waals surface area (Å²) < 4.78 is 15.1. The third-order valence-electron chi connectivity index (χ3n) is 5.32. The van der Waals surface area contributed by atoms with E-state index in [-0.39, 0.29) is 18.3 Å². The molecule has 1 heterocycles. The summed E-state index contributed by atoms with van der Waals surface area (Å²) in [6.07, 6.45) is 2.60. The molecule has 0 bridgehead atoms. The Kier molecular flexibility index (Phi) is 4.04. The maximum atomic E-state index is 13.1. The SMILES string of the molecule is Cn1cc(C(O)CNC(=O)C2(c3ccc(F)cc3)CC2)c2ccccc21. The molecule has 0 aliphatic heterocycles. The van der Waals surface area contributed by atoms with Crippen molar-refractivity contribution in [2.45, 2.75) is 24.4 Å². The zero-order valence-electron chi connectivity index (χ0n) is 14.6. The fraction of sp³-hybridized carbons (Fsp3) is 0.286. The molecular weight excluding hydrogens is 331 g/mol. The van der Waals surface area contributed by atoms with Gasteiger partial charge in [0.1, 0.15) is 5.82 Å². The number of hydrogen-bond acceptors (Lipinski definition) is 2. The summed E-state index contributed by atoms with van der Waals surface area (Å²) in [5.74, 6) is -0.417. The third-order valence-corrected chi connectivity index (χ3v) is 5.32. The number of amides is 1. The van der Waals surface area contributed by atoms with Crippen molar-refractivity contribution in [2.24, 2.45) is 7.05 Å².